The molecule has 0 spiro atoms. The van der Waals surface area contributed by atoms with E-state index in [1.165, 1.54) is 10.9 Å². The number of aryl methyl sites for hydroxylation is 1. The summed E-state index contributed by atoms with van der Waals surface area (Å²) in [7, 11) is 1.94. The Balaban J connectivity index is 2.84. The average Bonchev–Trinajstić information content (AvgIpc) is 2.45. The molecular formula is C12H15ClN2. The van der Waals surface area contributed by atoms with Crippen molar-refractivity contribution in [3.05, 3.63) is 28.9 Å². The van der Waals surface area contributed by atoms with Crippen molar-refractivity contribution in [3.63, 3.8) is 0 Å². The molecule has 0 saturated heterocycles. The van der Waals surface area contributed by atoms with Crippen LogP contribution in [0.1, 0.15) is 26.3 Å². The van der Waals surface area contributed by atoms with Crippen molar-refractivity contribution in [2.24, 2.45) is 7.05 Å². The maximum absolute atomic E-state index is 6.12. The number of aromatic nitrogens is 2. The molecule has 2 rings (SSSR count). The van der Waals surface area contributed by atoms with Gasteiger partial charge in [0.05, 0.1) is 11.7 Å². The second kappa shape index (κ2) is 3.24. The van der Waals surface area contributed by atoms with E-state index in [9.17, 15) is 0 Å². The third-order valence-electron chi connectivity index (χ3n) is 2.64. The summed E-state index contributed by atoms with van der Waals surface area (Å²) in [6.45, 7) is 6.56. The van der Waals surface area contributed by atoms with Crippen LogP contribution in [0.3, 0.4) is 0 Å². The van der Waals surface area contributed by atoms with Crippen molar-refractivity contribution in [3.8, 4) is 0 Å². The second-order valence-electron chi connectivity index (χ2n) is 4.90. The summed E-state index contributed by atoms with van der Waals surface area (Å²) >= 11 is 6.12. The van der Waals surface area contributed by atoms with Crippen LogP contribution in [0.4, 0.5) is 0 Å². The topological polar surface area (TPSA) is 17.8 Å². The summed E-state index contributed by atoms with van der Waals surface area (Å²) in [5, 5.41) is 6.23. The van der Waals surface area contributed by atoms with Gasteiger partial charge in [-0.2, -0.15) is 5.10 Å². The number of fused-ring (bicyclic) bond motifs is 1. The van der Waals surface area contributed by atoms with Gasteiger partial charge in [0, 0.05) is 17.5 Å². The summed E-state index contributed by atoms with van der Waals surface area (Å²) in [4.78, 5) is 0. The Kier molecular flexibility index (Phi) is 2.27. The van der Waals surface area contributed by atoms with Crippen molar-refractivity contribution in [2.75, 3.05) is 0 Å². The van der Waals surface area contributed by atoms with Gasteiger partial charge in [0.2, 0.25) is 0 Å². The van der Waals surface area contributed by atoms with Crippen molar-refractivity contribution < 1.29 is 0 Å². The Morgan fingerprint density at radius 2 is 1.93 bits per heavy atom. The zero-order valence-corrected chi connectivity index (χ0v) is 10.3. The van der Waals surface area contributed by atoms with Crippen molar-refractivity contribution >= 4 is 22.5 Å². The van der Waals surface area contributed by atoms with Gasteiger partial charge in [-0.1, -0.05) is 32.4 Å². The first-order valence-electron chi connectivity index (χ1n) is 5.01. The maximum Gasteiger partial charge on any atom is 0.0696 e. The first-order chi connectivity index (χ1) is 6.89. The maximum atomic E-state index is 6.12. The molecule has 0 aliphatic heterocycles. The third-order valence-corrected chi connectivity index (χ3v) is 2.86. The smallest absolute Gasteiger partial charge is 0.0696 e. The summed E-state index contributed by atoms with van der Waals surface area (Å²) in [6.07, 6.45) is 1.91. The highest BCUT2D eigenvalue weighted by Crippen LogP contribution is 2.32. The Morgan fingerprint density at radius 3 is 2.53 bits per heavy atom. The van der Waals surface area contributed by atoms with Crippen LogP contribution in [0.15, 0.2) is 18.3 Å². The van der Waals surface area contributed by atoms with Gasteiger partial charge in [-0.3, -0.25) is 4.68 Å². The molecule has 1 aromatic heterocycles. The second-order valence-corrected chi connectivity index (χ2v) is 5.34. The molecule has 0 atom stereocenters. The lowest BCUT2D eigenvalue weighted by Crippen LogP contribution is -2.11. The lowest BCUT2D eigenvalue weighted by molar-refractivity contribution is 0.596. The molecule has 0 N–H and O–H groups in total. The predicted octanol–water partition coefficient (Wildman–Crippen LogP) is 3.52. The highest BCUT2D eigenvalue weighted by molar-refractivity contribution is 6.31. The molecule has 0 aliphatic carbocycles. The van der Waals surface area contributed by atoms with Crippen LogP contribution < -0.4 is 0 Å². The Morgan fingerprint density at radius 1 is 1.27 bits per heavy atom. The van der Waals surface area contributed by atoms with Gasteiger partial charge in [0.25, 0.3) is 0 Å². The molecule has 1 aromatic carbocycles. The largest absolute Gasteiger partial charge is 0.268 e. The fourth-order valence-electron chi connectivity index (χ4n) is 1.83. The number of benzene rings is 1. The van der Waals surface area contributed by atoms with Crippen molar-refractivity contribution in [1.82, 2.24) is 9.78 Å². The third kappa shape index (κ3) is 1.74. The Labute approximate surface area is 94.8 Å². The van der Waals surface area contributed by atoms with Crippen LogP contribution in [-0.2, 0) is 12.5 Å². The molecule has 0 unspecified atom stereocenters. The molecule has 0 amide bonds. The first kappa shape index (κ1) is 10.5. The molecule has 2 nitrogen and oxygen atoms in total. The summed E-state index contributed by atoms with van der Waals surface area (Å²) in [6, 6.07) is 3.99. The molecule has 0 radical (unpaired) electrons. The fourth-order valence-corrected chi connectivity index (χ4v) is 2.05. The van der Waals surface area contributed by atoms with E-state index < -0.39 is 0 Å². The van der Waals surface area contributed by atoms with Gasteiger partial charge in [0.1, 0.15) is 0 Å². The van der Waals surface area contributed by atoms with E-state index in [2.05, 4.69) is 25.9 Å². The molecule has 1 heterocycles. The standard InChI is InChI=1S/C12H15ClN2/c1-12(2,3)10-5-8(13)6-11-9(10)7-14-15(11)4/h5-7H,1-4H3. The van der Waals surface area contributed by atoms with E-state index in [1.807, 2.05) is 30.1 Å². The number of hydrogen-bond donors (Lipinski definition) is 0. The van der Waals surface area contributed by atoms with Gasteiger partial charge in [0.15, 0.2) is 0 Å². The molecule has 15 heavy (non-hydrogen) atoms. The molecule has 80 valence electrons. The SMILES string of the molecule is Cn1ncc2c(C(C)(C)C)cc(Cl)cc21. The van der Waals surface area contributed by atoms with E-state index in [4.69, 9.17) is 11.6 Å². The first-order valence-corrected chi connectivity index (χ1v) is 5.39. The number of nitrogens with zero attached hydrogens (tertiary/aromatic N) is 2. The van der Waals surface area contributed by atoms with Gasteiger partial charge in [-0.25, -0.2) is 0 Å². The molecule has 3 heteroatoms. The van der Waals surface area contributed by atoms with Gasteiger partial charge < -0.3 is 0 Å². The van der Waals surface area contributed by atoms with Crippen LogP contribution in [0.5, 0.6) is 0 Å². The van der Waals surface area contributed by atoms with Gasteiger partial charge in [-0.15, -0.1) is 0 Å². The minimum atomic E-state index is 0.0895. The van der Waals surface area contributed by atoms with Gasteiger partial charge in [-0.05, 0) is 23.1 Å². The van der Waals surface area contributed by atoms with Crippen LogP contribution in [-0.4, -0.2) is 9.78 Å². The quantitative estimate of drug-likeness (QED) is 0.667. The average molecular weight is 223 g/mol. The van der Waals surface area contributed by atoms with Crippen molar-refractivity contribution in [2.45, 2.75) is 26.2 Å². The zero-order chi connectivity index (χ0) is 11.2. The zero-order valence-electron chi connectivity index (χ0n) is 9.50. The van der Waals surface area contributed by atoms with Crippen LogP contribution in [0, 0.1) is 0 Å². The summed E-state index contributed by atoms with van der Waals surface area (Å²) in [5.41, 5.74) is 2.43. The highest BCUT2D eigenvalue weighted by Gasteiger charge is 2.19. The van der Waals surface area contributed by atoms with E-state index in [0.717, 1.165) is 10.5 Å². The highest BCUT2D eigenvalue weighted by atomic mass is 35.5. The Bertz CT molecular complexity index is 506. The van der Waals surface area contributed by atoms with E-state index in [0.29, 0.717) is 0 Å². The number of halogens is 1. The molecule has 0 aliphatic rings. The minimum Gasteiger partial charge on any atom is -0.268 e. The monoisotopic (exact) mass is 222 g/mol. The minimum absolute atomic E-state index is 0.0895. The normalized spacial score (nSPS) is 12.3. The number of rotatable bonds is 0. The molecule has 0 saturated carbocycles. The van der Waals surface area contributed by atoms with E-state index in [-0.39, 0.29) is 5.41 Å². The molecule has 2 aromatic rings. The molecule has 0 fully saturated rings. The Hall–Kier alpha value is -1.02. The van der Waals surface area contributed by atoms with Crippen LogP contribution in [0.2, 0.25) is 5.02 Å². The lowest BCUT2D eigenvalue weighted by atomic mass is 9.85. The molecule has 0 bridgehead atoms. The van der Waals surface area contributed by atoms with E-state index >= 15 is 0 Å². The summed E-state index contributed by atoms with van der Waals surface area (Å²) < 4.78 is 1.86. The van der Waals surface area contributed by atoms with Gasteiger partial charge >= 0.3 is 0 Å². The summed E-state index contributed by atoms with van der Waals surface area (Å²) in [5.74, 6) is 0. The lowest BCUT2D eigenvalue weighted by Gasteiger charge is -2.20. The van der Waals surface area contributed by atoms with Crippen LogP contribution in [0.25, 0.3) is 10.9 Å². The predicted molar refractivity (Wildman–Crippen MR) is 64.4 cm³/mol. The molecular weight excluding hydrogens is 208 g/mol. The van der Waals surface area contributed by atoms with Crippen LogP contribution >= 0.6 is 11.6 Å². The fraction of sp³-hybridized carbons (Fsp3) is 0.417. The number of hydrogen-bond acceptors (Lipinski definition) is 1. The van der Waals surface area contributed by atoms with Crippen molar-refractivity contribution in [1.29, 1.82) is 0 Å². The van der Waals surface area contributed by atoms with E-state index in [1.54, 1.807) is 0 Å².